The molecule has 0 unspecified atom stereocenters. The van der Waals surface area contributed by atoms with Gasteiger partial charge in [0.15, 0.2) is 9.84 Å². The van der Waals surface area contributed by atoms with Crippen LogP contribution in [0.4, 0.5) is 0 Å². The summed E-state index contributed by atoms with van der Waals surface area (Å²) < 4.78 is 30.8. The minimum absolute atomic E-state index is 0.0784. The van der Waals surface area contributed by atoms with Gasteiger partial charge in [0.05, 0.1) is 18.1 Å². The van der Waals surface area contributed by atoms with Crippen molar-refractivity contribution in [1.29, 1.82) is 0 Å². The van der Waals surface area contributed by atoms with Crippen LogP contribution in [-0.2, 0) is 16.4 Å². The molecule has 5 nitrogen and oxygen atoms in total. The van der Waals surface area contributed by atoms with E-state index in [9.17, 15) is 8.42 Å². The van der Waals surface area contributed by atoms with Gasteiger partial charge in [0.2, 0.25) is 0 Å². The van der Waals surface area contributed by atoms with Gasteiger partial charge in [0.1, 0.15) is 11.3 Å². The third-order valence-corrected chi connectivity index (χ3v) is 7.65. The van der Waals surface area contributed by atoms with Crippen LogP contribution in [0.2, 0.25) is 0 Å². The molecule has 2 aromatic rings. The molecule has 0 spiro atoms. The zero-order valence-corrected chi connectivity index (χ0v) is 16.7. The van der Waals surface area contributed by atoms with Crippen LogP contribution in [0.25, 0.3) is 11.0 Å². The molecule has 2 fully saturated rings. The van der Waals surface area contributed by atoms with E-state index in [1.165, 1.54) is 16.5 Å². The van der Waals surface area contributed by atoms with Gasteiger partial charge in [-0.05, 0) is 44.5 Å². The van der Waals surface area contributed by atoms with E-state index in [1.54, 1.807) is 0 Å². The lowest BCUT2D eigenvalue weighted by atomic mass is 10.0. The number of hydrogen-bond donors (Lipinski definition) is 0. The molecule has 0 bridgehead atoms. The summed E-state index contributed by atoms with van der Waals surface area (Å²) in [4.78, 5) is 4.71. The lowest BCUT2D eigenvalue weighted by Crippen LogP contribution is -2.58. The largest absolute Gasteiger partial charge is 0.459 e. The van der Waals surface area contributed by atoms with E-state index in [2.05, 4.69) is 42.7 Å². The van der Waals surface area contributed by atoms with Gasteiger partial charge < -0.3 is 4.42 Å². The topological polar surface area (TPSA) is 53.8 Å². The van der Waals surface area contributed by atoms with Crippen LogP contribution in [0.5, 0.6) is 0 Å². The van der Waals surface area contributed by atoms with Crippen LogP contribution in [0.15, 0.2) is 22.6 Å². The molecule has 1 aromatic carbocycles. The van der Waals surface area contributed by atoms with Gasteiger partial charge >= 0.3 is 0 Å². The molecule has 6 heteroatoms. The molecule has 142 valence electrons. The molecule has 4 rings (SSSR count). The molecular weight excluding hydrogens is 348 g/mol. The summed E-state index contributed by atoms with van der Waals surface area (Å²) in [6.45, 7) is 9.85. The van der Waals surface area contributed by atoms with E-state index in [0.29, 0.717) is 12.3 Å². The monoisotopic (exact) mass is 376 g/mol. The summed E-state index contributed by atoms with van der Waals surface area (Å²) in [6.07, 6.45) is 1.06. The lowest BCUT2D eigenvalue weighted by Gasteiger charge is -2.43. The predicted octanol–water partition coefficient (Wildman–Crippen LogP) is 2.74. The van der Waals surface area contributed by atoms with E-state index in [-0.39, 0.29) is 17.8 Å². The van der Waals surface area contributed by atoms with Crippen molar-refractivity contribution in [2.45, 2.75) is 45.8 Å². The number of furan rings is 1. The summed E-state index contributed by atoms with van der Waals surface area (Å²) >= 11 is 0. The van der Waals surface area contributed by atoms with Crippen LogP contribution < -0.4 is 0 Å². The molecule has 0 N–H and O–H groups in total. The normalized spacial score (nSPS) is 26.4. The first-order valence-corrected chi connectivity index (χ1v) is 11.4. The number of sulfone groups is 1. The summed E-state index contributed by atoms with van der Waals surface area (Å²) in [5, 5.41) is 1.17. The Bertz CT molecular complexity index is 919. The summed E-state index contributed by atoms with van der Waals surface area (Å²) in [7, 11) is -2.96. The number of fused-ring (bicyclic) bond motifs is 2. The van der Waals surface area contributed by atoms with Crippen LogP contribution >= 0.6 is 0 Å². The molecule has 2 aliphatic heterocycles. The van der Waals surface area contributed by atoms with Crippen molar-refractivity contribution in [3.05, 3.63) is 35.1 Å². The van der Waals surface area contributed by atoms with Gasteiger partial charge in [0.25, 0.3) is 0 Å². The van der Waals surface area contributed by atoms with E-state index in [4.69, 9.17) is 4.42 Å². The van der Waals surface area contributed by atoms with Gasteiger partial charge in [-0.25, -0.2) is 8.42 Å². The highest BCUT2D eigenvalue weighted by Crippen LogP contribution is 2.31. The molecule has 0 radical (unpaired) electrons. The number of nitrogens with zero attached hydrogens (tertiary/aromatic N) is 2. The maximum absolute atomic E-state index is 12.3. The van der Waals surface area contributed by atoms with Crippen molar-refractivity contribution < 1.29 is 12.8 Å². The highest BCUT2D eigenvalue weighted by molar-refractivity contribution is 7.91. The van der Waals surface area contributed by atoms with Crippen molar-refractivity contribution in [3.8, 4) is 0 Å². The molecule has 0 amide bonds. The molecule has 3 heterocycles. The van der Waals surface area contributed by atoms with Crippen molar-refractivity contribution in [2.75, 3.05) is 31.1 Å². The maximum atomic E-state index is 12.3. The second kappa shape index (κ2) is 6.66. The fourth-order valence-electron chi connectivity index (χ4n) is 4.58. The number of piperazine rings is 1. The lowest BCUT2D eigenvalue weighted by molar-refractivity contribution is 0.0367. The maximum Gasteiger partial charge on any atom is 0.153 e. The van der Waals surface area contributed by atoms with Crippen molar-refractivity contribution in [3.63, 3.8) is 0 Å². The first-order chi connectivity index (χ1) is 12.4. The standard InChI is InChI=1S/C20H28N2O3S/c1-4-7-21-8-9-22(18-13-26(23,24)12-17(18)21)11-20-15(3)16-10-14(2)5-6-19(16)25-20/h5-6,10,17-18H,4,7-9,11-13H2,1-3H3/t17-,18+/m0/s1. The fraction of sp³-hybridized carbons (Fsp3) is 0.600. The quantitative estimate of drug-likeness (QED) is 0.821. The smallest absolute Gasteiger partial charge is 0.153 e. The molecule has 2 aliphatic rings. The third kappa shape index (κ3) is 3.19. The Balaban J connectivity index is 1.61. The molecule has 0 aliphatic carbocycles. The molecule has 2 saturated heterocycles. The Morgan fingerprint density at radius 3 is 2.54 bits per heavy atom. The number of benzene rings is 1. The first kappa shape index (κ1) is 18.0. The Labute approximate surface area is 155 Å². The molecule has 2 atom stereocenters. The number of aryl methyl sites for hydroxylation is 2. The second-order valence-corrected chi connectivity index (χ2v) is 10.0. The van der Waals surface area contributed by atoms with Crippen LogP contribution in [-0.4, -0.2) is 61.4 Å². The molecule has 0 saturated carbocycles. The van der Waals surface area contributed by atoms with Crippen molar-refractivity contribution in [1.82, 2.24) is 9.80 Å². The van der Waals surface area contributed by atoms with E-state index >= 15 is 0 Å². The Morgan fingerprint density at radius 2 is 1.81 bits per heavy atom. The zero-order valence-electron chi connectivity index (χ0n) is 15.9. The fourth-order valence-corrected chi connectivity index (χ4v) is 6.62. The average molecular weight is 377 g/mol. The Hall–Kier alpha value is -1.37. The third-order valence-electron chi connectivity index (χ3n) is 5.95. The van der Waals surface area contributed by atoms with Gasteiger partial charge in [-0.15, -0.1) is 0 Å². The van der Waals surface area contributed by atoms with E-state index < -0.39 is 9.84 Å². The first-order valence-electron chi connectivity index (χ1n) is 9.55. The summed E-state index contributed by atoms with van der Waals surface area (Å²) in [6, 6.07) is 6.47. The number of hydrogen-bond acceptors (Lipinski definition) is 5. The predicted molar refractivity (Wildman–Crippen MR) is 104 cm³/mol. The molecular formula is C20H28N2O3S. The summed E-state index contributed by atoms with van der Waals surface area (Å²) in [5.41, 5.74) is 3.32. The Kier molecular flexibility index (Phi) is 4.61. The van der Waals surface area contributed by atoms with Crippen LogP contribution in [0.3, 0.4) is 0 Å². The van der Waals surface area contributed by atoms with Gasteiger partial charge in [-0.2, -0.15) is 0 Å². The van der Waals surface area contributed by atoms with E-state index in [1.807, 2.05) is 6.07 Å². The van der Waals surface area contributed by atoms with Crippen LogP contribution in [0.1, 0.15) is 30.2 Å². The average Bonchev–Trinajstić information content (AvgIpc) is 3.07. The number of rotatable bonds is 4. The zero-order chi connectivity index (χ0) is 18.5. The SMILES string of the molecule is CCCN1CCN(Cc2oc3ccc(C)cc3c2C)[C@@H]2CS(=O)(=O)C[C@@H]21. The second-order valence-electron chi connectivity index (χ2n) is 7.87. The van der Waals surface area contributed by atoms with Gasteiger partial charge in [-0.1, -0.05) is 18.6 Å². The van der Waals surface area contributed by atoms with Gasteiger partial charge in [-0.3, -0.25) is 9.80 Å². The minimum atomic E-state index is -2.96. The highest BCUT2D eigenvalue weighted by atomic mass is 32.2. The van der Waals surface area contributed by atoms with Crippen molar-refractivity contribution >= 4 is 20.8 Å². The summed E-state index contributed by atoms with van der Waals surface area (Å²) in [5.74, 6) is 1.54. The molecule has 26 heavy (non-hydrogen) atoms. The van der Waals surface area contributed by atoms with E-state index in [0.717, 1.165) is 37.4 Å². The minimum Gasteiger partial charge on any atom is -0.459 e. The highest BCUT2D eigenvalue weighted by Gasteiger charge is 2.46. The molecule has 1 aromatic heterocycles. The van der Waals surface area contributed by atoms with Crippen LogP contribution in [0, 0.1) is 13.8 Å². The Morgan fingerprint density at radius 1 is 1.12 bits per heavy atom. The van der Waals surface area contributed by atoms with Gasteiger partial charge in [0, 0.05) is 30.6 Å². The van der Waals surface area contributed by atoms with Crippen molar-refractivity contribution in [2.24, 2.45) is 0 Å².